The standard InChI is InChI=1S/C19H28N4O3S/c1-5-14(6-2)17(16-8-7-9-27-16)20-19(24)23-10-12(3)25-15(11-23)18-22-21-13(4)26-18/h7-9,12,14-15,17H,5-6,10-11H2,1-4H3,(H,20,24)/t12-,15-,17?/m0/s1. The Morgan fingerprint density at radius 1 is 1.37 bits per heavy atom. The van der Waals surface area contributed by atoms with Crippen molar-refractivity contribution in [1.82, 2.24) is 20.4 Å². The van der Waals surface area contributed by atoms with E-state index in [9.17, 15) is 4.79 Å². The van der Waals surface area contributed by atoms with Crippen molar-refractivity contribution in [3.05, 3.63) is 34.2 Å². The second kappa shape index (κ2) is 8.84. The first kappa shape index (κ1) is 19.8. The van der Waals surface area contributed by atoms with E-state index in [1.54, 1.807) is 23.2 Å². The van der Waals surface area contributed by atoms with E-state index >= 15 is 0 Å². The Hall–Kier alpha value is -1.93. The molecule has 0 bridgehead atoms. The molecule has 3 rings (SSSR count). The molecule has 2 aromatic rings. The fourth-order valence-corrected chi connectivity index (χ4v) is 4.44. The number of aryl methyl sites for hydroxylation is 1. The molecule has 1 unspecified atom stereocenters. The fraction of sp³-hybridized carbons (Fsp3) is 0.632. The number of nitrogens with zero attached hydrogens (tertiary/aromatic N) is 3. The number of morpholine rings is 1. The first-order chi connectivity index (χ1) is 13.0. The second-order valence-corrected chi connectivity index (χ2v) is 8.00. The Balaban J connectivity index is 1.72. The van der Waals surface area contributed by atoms with Gasteiger partial charge in [-0.05, 0) is 24.3 Å². The van der Waals surface area contributed by atoms with Crippen molar-refractivity contribution in [1.29, 1.82) is 0 Å². The molecule has 7 nitrogen and oxygen atoms in total. The number of rotatable bonds is 6. The number of aromatic nitrogens is 2. The lowest BCUT2D eigenvalue weighted by atomic mass is 9.93. The molecule has 2 aromatic heterocycles. The number of carbonyl (C=O) groups excluding carboxylic acids is 1. The first-order valence-corrected chi connectivity index (χ1v) is 10.4. The van der Waals surface area contributed by atoms with Gasteiger partial charge in [-0.15, -0.1) is 21.5 Å². The minimum atomic E-state index is -0.394. The smallest absolute Gasteiger partial charge is 0.318 e. The Labute approximate surface area is 164 Å². The molecule has 2 amide bonds. The molecule has 1 aliphatic heterocycles. The molecule has 1 saturated heterocycles. The van der Waals surface area contributed by atoms with E-state index in [-0.39, 0.29) is 18.2 Å². The van der Waals surface area contributed by atoms with Crippen molar-refractivity contribution < 1.29 is 13.9 Å². The van der Waals surface area contributed by atoms with Gasteiger partial charge in [0.05, 0.1) is 18.7 Å². The number of carbonyl (C=O) groups is 1. The van der Waals surface area contributed by atoms with E-state index in [2.05, 4.69) is 40.8 Å². The van der Waals surface area contributed by atoms with Gasteiger partial charge in [0, 0.05) is 18.3 Å². The van der Waals surface area contributed by atoms with Gasteiger partial charge in [0.1, 0.15) is 0 Å². The maximum Gasteiger partial charge on any atom is 0.318 e. The van der Waals surface area contributed by atoms with Crippen LogP contribution in [0, 0.1) is 12.8 Å². The Morgan fingerprint density at radius 3 is 2.74 bits per heavy atom. The van der Waals surface area contributed by atoms with Crippen LogP contribution in [-0.4, -0.2) is 40.3 Å². The predicted molar refractivity (Wildman–Crippen MR) is 104 cm³/mol. The average molecular weight is 393 g/mol. The Morgan fingerprint density at radius 2 is 2.15 bits per heavy atom. The summed E-state index contributed by atoms with van der Waals surface area (Å²) in [5.74, 6) is 1.32. The molecule has 1 N–H and O–H groups in total. The van der Waals surface area contributed by atoms with Crippen LogP contribution in [0.3, 0.4) is 0 Å². The van der Waals surface area contributed by atoms with Crippen molar-refractivity contribution in [3.63, 3.8) is 0 Å². The highest BCUT2D eigenvalue weighted by Crippen LogP contribution is 2.31. The number of hydrogen-bond acceptors (Lipinski definition) is 6. The highest BCUT2D eigenvalue weighted by Gasteiger charge is 2.34. The average Bonchev–Trinajstić information content (AvgIpc) is 3.33. The van der Waals surface area contributed by atoms with Gasteiger partial charge in [-0.25, -0.2) is 4.79 Å². The molecule has 3 heterocycles. The van der Waals surface area contributed by atoms with E-state index < -0.39 is 6.10 Å². The highest BCUT2D eigenvalue weighted by molar-refractivity contribution is 7.10. The summed E-state index contributed by atoms with van der Waals surface area (Å²) in [4.78, 5) is 16.1. The zero-order valence-electron chi connectivity index (χ0n) is 16.3. The van der Waals surface area contributed by atoms with Gasteiger partial charge in [-0.1, -0.05) is 32.8 Å². The van der Waals surface area contributed by atoms with Gasteiger partial charge >= 0.3 is 6.03 Å². The van der Waals surface area contributed by atoms with Gasteiger partial charge in [0.15, 0.2) is 6.10 Å². The molecular formula is C19H28N4O3S. The zero-order chi connectivity index (χ0) is 19.4. The summed E-state index contributed by atoms with van der Waals surface area (Å²) < 4.78 is 11.4. The highest BCUT2D eigenvalue weighted by atomic mass is 32.1. The third-order valence-electron chi connectivity index (χ3n) is 5.01. The van der Waals surface area contributed by atoms with Gasteiger partial charge in [-0.3, -0.25) is 0 Å². The lowest BCUT2D eigenvalue weighted by molar-refractivity contribution is -0.0771. The number of amides is 2. The van der Waals surface area contributed by atoms with Gasteiger partial charge in [-0.2, -0.15) is 0 Å². The van der Waals surface area contributed by atoms with Gasteiger partial charge in [0.25, 0.3) is 0 Å². The Kier molecular flexibility index (Phi) is 6.49. The van der Waals surface area contributed by atoms with E-state index in [1.807, 2.05) is 13.0 Å². The topological polar surface area (TPSA) is 80.5 Å². The number of ether oxygens (including phenoxy) is 1. The lowest BCUT2D eigenvalue weighted by Crippen LogP contribution is -2.51. The van der Waals surface area contributed by atoms with Crippen LogP contribution >= 0.6 is 11.3 Å². The summed E-state index contributed by atoms with van der Waals surface area (Å²) >= 11 is 1.69. The van der Waals surface area contributed by atoms with Crippen molar-refractivity contribution in [2.24, 2.45) is 5.92 Å². The van der Waals surface area contributed by atoms with Crippen LogP contribution in [0.1, 0.15) is 62.4 Å². The molecule has 3 atom stereocenters. The molecule has 0 aliphatic carbocycles. The Bertz CT molecular complexity index is 729. The van der Waals surface area contributed by atoms with Crippen molar-refractivity contribution >= 4 is 17.4 Å². The van der Waals surface area contributed by atoms with Gasteiger partial charge < -0.3 is 19.4 Å². The minimum Gasteiger partial charge on any atom is -0.423 e. The third-order valence-corrected chi connectivity index (χ3v) is 5.97. The lowest BCUT2D eigenvalue weighted by Gasteiger charge is -2.37. The van der Waals surface area contributed by atoms with E-state index in [4.69, 9.17) is 9.15 Å². The molecule has 0 spiro atoms. The predicted octanol–water partition coefficient (Wildman–Crippen LogP) is 4.09. The summed E-state index contributed by atoms with van der Waals surface area (Å²) in [6.45, 7) is 8.98. The van der Waals surface area contributed by atoms with Crippen molar-refractivity contribution in [2.75, 3.05) is 13.1 Å². The van der Waals surface area contributed by atoms with E-state index in [0.717, 1.165) is 12.8 Å². The zero-order valence-corrected chi connectivity index (χ0v) is 17.2. The molecule has 0 saturated carbocycles. The normalized spacial score (nSPS) is 21.4. The summed E-state index contributed by atoms with van der Waals surface area (Å²) in [5, 5.41) is 13.2. The van der Waals surface area contributed by atoms with Crippen LogP contribution < -0.4 is 5.32 Å². The summed E-state index contributed by atoms with van der Waals surface area (Å²) in [5.41, 5.74) is 0. The number of hydrogen-bond donors (Lipinski definition) is 1. The van der Waals surface area contributed by atoms with Crippen LogP contribution in [0.5, 0.6) is 0 Å². The molecule has 8 heteroatoms. The third kappa shape index (κ3) is 4.68. The summed E-state index contributed by atoms with van der Waals surface area (Å²) in [6.07, 6.45) is 1.54. The molecule has 27 heavy (non-hydrogen) atoms. The van der Waals surface area contributed by atoms with Crippen molar-refractivity contribution in [2.45, 2.75) is 58.8 Å². The van der Waals surface area contributed by atoms with Crippen LogP contribution in [0.2, 0.25) is 0 Å². The number of thiophene rings is 1. The number of urea groups is 1. The first-order valence-electron chi connectivity index (χ1n) is 9.56. The molecule has 148 valence electrons. The summed E-state index contributed by atoms with van der Waals surface area (Å²) in [6, 6.07) is 4.08. The number of nitrogens with one attached hydrogen (secondary N) is 1. The monoisotopic (exact) mass is 392 g/mol. The van der Waals surface area contributed by atoms with E-state index in [1.165, 1.54) is 4.88 Å². The van der Waals surface area contributed by atoms with Gasteiger partial charge in [0.2, 0.25) is 11.8 Å². The van der Waals surface area contributed by atoms with Crippen LogP contribution in [0.4, 0.5) is 4.79 Å². The molecular weight excluding hydrogens is 364 g/mol. The molecule has 1 fully saturated rings. The van der Waals surface area contributed by atoms with Crippen LogP contribution in [0.25, 0.3) is 0 Å². The fourth-order valence-electron chi connectivity index (χ4n) is 3.57. The quantitative estimate of drug-likeness (QED) is 0.801. The van der Waals surface area contributed by atoms with Crippen LogP contribution in [-0.2, 0) is 4.74 Å². The second-order valence-electron chi connectivity index (χ2n) is 7.02. The van der Waals surface area contributed by atoms with E-state index in [0.29, 0.717) is 30.8 Å². The van der Waals surface area contributed by atoms with Crippen molar-refractivity contribution in [3.8, 4) is 0 Å². The maximum absolute atomic E-state index is 13.1. The summed E-state index contributed by atoms with van der Waals surface area (Å²) in [7, 11) is 0. The largest absolute Gasteiger partial charge is 0.423 e. The van der Waals surface area contributed by atoms with Crippen LogP contribution in [0.15, 0.2) is 21.9 Å². The molecule has 0 aromatic carbocycles. The molecule has 1 aliphatic rings. The molecule has 0 radical (unpaired) electrons. The SMILES string of the molecule is CCC(CC)C(NC(=O)N1C[C@@H](c2nnc(C)o2)O[C@@H](C)C1)c1cccs1. The maximum atomic E-state index is 13.1. The minimum absolute atomic E-state index is 0.0229.